The highest BCUT2D eigenvalue weighted by atomic mass is 19.1. The molecule has 2 nitrogen and oxygen atoms in total. The number of carbonyl (C=O) groups excluding carboxylic acids is 1. The fourth-order valence-electron chi connectivity index (χ4n) is 1.97. The summed E-state index contributed by atoms with van der Waals surface area (Å²) in [6, 6.07) is -0.0155. The Morgan fingerprint density at radius 2 is 2.08 bits per heavy atom. The van der Waals surface area contributed by atoms with Crippen LogP contribution in [0.4, 0.5) is 4.39 Å². The van der Waals surface area contributed by atoms with Gasteiger partial charge in [0.25, 0.3) is 0 Å². The fraction of sp³-hybridized carbons (Fsp3) is 0.900. The van der Waals surface area contributed by atoms with Crippen molar-refractivity contribution in [3.63, 3.8) is 0 Å². The zero-order chi connectivity index (χ0) is 9.68. The Morgan fingerprint density at radius 3 is 2.54 bits per heavy atom. The van der Waals surface area contributed by atoms with Crippen molar-refractivity contribution in [3.05, 3.63) is 0 Å². The van der Waals surface area contributed by atoms with E-state index in [2.05, 4.69) is 4.90 Å². The van der Waals surface area contributed by atoms with Crippen LogP contribution in [-0.2, 0) is 4.79 Å². The molecule has 0 spiro atoms. The minimum absolute atomic E-state index is 0.0155. The van der Waals surface area contributed by atoms with E-state index in [0.717, 1.165) is 13.1 Å². The Hall–Kier alpha value is -0.440. The van der Waals surface area contributed by atoms with Gasteiger partial charge in [-0.25, -0.2) is 0 Å². The van der Waals surface area contributed by atoms with Crippen molar-refractivity contribution in [3.8, 4) is 0 Å². The van der Waals surface area contributed by atoms with Crippen molar-refractivity contribution in [2.45, 2.75) is 38.6 Å². The summed E-state index contributed by atoms with van der Waals surface area (Å²) in [4.78, 5) is 13.5. The minimum atomic E-state index is -0.308. The van der Waals surface area contributed by atoms with E-state index < -0.39 is 0 Å². The van der Waals surface area contributed by atoms with Crippen molar-refractivity contribution in [1.82, 2.24) is 4.90 Å². The lowest BCUT2D eigenvalue weighted by Crippen LogP contribution is -2.38. The van der Waals surface area contributed by atoms with E-state index in [1.807, 2.05) is 0 Å². The quantitative estimate of drug-likeness (QED) is 0.654. The molecule has 0 aliphatic carbocycles. The Morgan fingerprint density at radius 1 is 1.46 bits per heavy atom. The van der Waals surface area contributed by atoms with Crippen molar-refractivity contribution in [1.29, 1.82) is 0 Å². The highest BCUT2D eigenvalue weighted by Crippen LogP contribution is 2.16. The van der Waals surface area contributed by atoms with Crippen molar-refractivity contribution in [2.75, 3.05) is 19.8 Å². The molecule has 1 atom stereocenters. The lowest BCUT2D eigenvalue weighted by molar-refractivity contribution is -0.122. The van der Waals surface area contributed by atoms with Crippen molar-refractivity contribution >= 4 is 5.78 Å². The topological polar surface area (TPSA) is 20.3 Å². The third kappa shape index (κ3) is 3.07. The molecule has 0 amide bonds. The average Bonchev–Trinajstić information content (AvgIpc) is 2.57. The molecule has 0 aromatic heterocycles. The van der Waals surface area contributed by atoms with Gasteiger partial charge in [-0.3, -0.25) is 14.1 Å². The Kier molecular flexibility index (Phi) is 4.36. The van der Waals surface area contributed by atoms with Crippen LogP contribution in [0.2, 0.25) is 0 Å². The smallest absolute Gasteiger partial charge is 0.146 e. The number of alkyl halides is 1. The van der Waals surface area contributed by atoms with Gasteiger partial charge in [0.15, 0.2) is 0 Å². The molecule has 0 aromatic rings. The van der Waals surface area contributed by atoms with Crippen LogP contribution in [0, 0.1) is 0 Å². The molecule has 1 heterocycles. The van der Waals surface area contributed by atoms with Crippen molar-refractivity contribution in [2.24, 2.45) is 0 Å². The summed E-state index contributed by atoms with van der Waals surface area (Å²) in [7, 11) is 0. The third-order valence-corrected chi connectivity index (χ3v) is 2.66. The van der Waals surface area contributed by atoms with Gasteiger partial charge in [-0.05, 0) is 45.7 Å². The van der Waals surface area contributed by atoms with Gasteiger partial charge < -0.3 is 0 Å². The number of likely N-dealkylation sites (tertiary alicyclic amines) is 1. The number of carbonyl (C=O) groups is 1. The Balaban J connectivity index is 2.40. The molecule has 0 radical (unpaired) electrons. The minimum Gasteiger partial charge on any atom is -0.298 e. The van der Waals surface area contributed by atoms with Gasteiger partial charge in [0.2, 0.25) is 0 Å². The van der Waals surface area contributed by atoms with Gasteiger partial charge in [-0.2, -0.15) is 0 Å². The Labute approximate surface area is 79.1 Å². The molecule has 3 heteroatoms. The summed E-state index contributed by atoms with van der Waals surface area (Å²) < 4.78 is 12.0. The molecule has 13 heavy (non-hydrogen) atoms. The first-order chi connectivity index (χ1) is 6.25. The highest BCUT2D eigenvalue weighted by Gasteiger charge is 2.24. The maximum Gasteiger partial charge on any atom is 0.146 e. The molecule has 1 rings (SSSR count). The lowest BCUT2D eigenvalue weighted by Gasteiger charge is -2.24. The second kappa shape index (κ2) is 5.32. The van der Waals surface area contributed by atoms with Crippen LogP contribution in [0.1, 0.15) is 32.6 Å². The van der Waals surface area contributed by atoms with Gasteiger partial charge >= 0.3 is 0 Å². The van der Waals surface area contributed by atoms with Gasteiger partial charge in [-0.1, -0.05) is 0 Å². The monoisotopic (exact) mass is 187 g/mol. The summed E-state index contributed by atoms with van der Waals surface area (Å²) >= 11 is 0. The Bertz CT molecular complexity index is 166. The summed E-state index contributed by atoms with van der Waals surface area (Å²) in [5, 5.41) is 0. The second-order valence-corrected chi connectivity index (χ2v) is 3.70. The first-order valence-electron chi connectivity index (χ1n) is 5.06. The van der Waals surface area contributed by atoms with E-state index in [0.29, 0.717) is 12.8 Å². The van der Waals surface area contributed by atoms with Gasteiger partial charge in [0.1, 0.15) is 5.78 Å². The molecule has 76 valence electrons. The average molecular weight is 187 g/mol. The maximum absolute atomic E-state index is 12.0. The van der Waals surface area contributed by atoms with E-state index in [1.165, 1.54) is 12.8 Å². The van der Waals surface area contributed by atoms with Crippen LogP contribution >= 0.6 is 0 Å². The number of Topliss-reactive ketones (excluding diaryl/α,β-unsaturated/α-hetero) is 1. The van der Waals surface area contributed by atoms with Crippen molar-refractivity contribution < 1.29 is 9.18 Å². The van der Waals surface area contributed by atoms with E-state index in [1.54, 1.807) is 6.92 Å². The molecule has 0 aromatic carbocycles. The number of hydrogen-bond acceptors (Lipinski definition) is 2. The molecule has 1 aliphatic heterocycles. The highest BCUT2D eigenvalue weighted by molar-refractivity contribution is 5.81. The first kappa shape index (κ1) is 10.6. The van der Waals surface area contributed by atoms with Crippen LogP contribution in [0.25, 0.3) is 0 Å². The maximum atomic E-state index is 12.0. The van der Waals surface area contributed by atoms with Crippen LogP contribution in [-0.4, -0.2) is 36.5 Å². The third-order valence-electron chi connectivity index (χ3n) is 2.66. The number of halogens is 1. The fourth-order valence-corrected chi connectivity index (χ4v) is 1.97. The number of rotatable bonds is 5. The molecule has 0 N–H and O–H groups in total. The molecule has 0 bridgehead atoms. The van der Waals surface area contributed by atoms with E-state index in [9.17, 15) is 9.18 Å². The summed E-state index contributed by atoms with van der Waals surface area (Å²) in [6.45, 7) is 3.33. The lowest BCUT2D eigenvalue weighted by atomic mass is 10.1. The van der Waals surface area contributed by atoms with Gasteiger partial charge in [-0.15, -0.1) is 0 Å². The zero-order valence-electron chi connectivity index (χ0n) is 8.26. The number of nitrogens with zero attached hydrogens (tertiary/aromatic N) is 1. The summed E-state index contributed by atoms with van der Waals surface area (Å²) in [5.74, 6) is 0.190. The molecular formula is C10H18FNO. The standard InChI is InChI=1S/C10H18FNO/c1-9(13)10(5-4-6-11)12-7-2-3-8-12/h10H,2-8H2,1H3. The first-order valence-corrected chi connectivity index (χ1v) is 5.06. The van der Waals surface area contributed by atoms with E-state index in [4.69, 9.17) is 0 Å². The largest absolute Gasteiger partial charge is 0.298 e. The molecule has 1 unspecified atom stereocenters. The summed E-state index contributed by atoms with van der Waals surface area (Å²) in [5.41, 5.74) is 0. The molecule has 0 saturated carbocycles. The number of hydrogen-bond donors (Lipinski definition) is 0. The van der Waals surface area contributed by atoms with E-state index >= 15 is 0 Å². The van der Waals surface area contributed by atoms with E-state index in [-0.39, 0.29) is 18.5 Å². The van der Waals surface area contributed by atoms with Gasteiger partial charge in [0, 0.05) is 0 Å². The van der Waals surface area contributed by atoms with Gasteiger partial charge in [0.05, 0.1) is 12.7 Å². The predicted octanol–water partition coefficient (Wildman–Crippen LogP) is 1.79. The van der Waals surface area contributed by atoms with Crippen LogP contribution in [0.5, 0.6) is 0 Å². The second-order valence-electron chi connectivity index (χ2n) is 3.70. The molecular weight excluding hydrogens is 169 g/mol. The predicted molar refractivity (Wildman–Crippen MR) is 50.5 cm³/mol. The number of ketones is 1. The van der Waals surface area contributed by atoms with Crippen LogP contribution < -0.4 is 0 Å². The normalized spacial score (nSPS) is 20.5. The molecule has 1 fully saturated rings. The SMILES string of the molecule is CC(=O)C(CCCF)N1CCCC1. The van der Waals surface area contributed by atoms with Crippen LogP contribution in [0.3, 0.4) is 0 Å². The summed E-state index contributed by atoms with van der Waals surface area (Å²) in [6.07, 6.45) is 3.56. The zero-order valence-corrected chi connectivity index (χ0v) is 8.26. The molecule has 1 aliphatic rings. The molecule has 1 saturated heterocycles. The van der Waals surface area contributed by atoms with Crippen LogP contribution in [0.15, 0.2) is 0 Å².